The molecule has 0 aromatic carbocycles. The Morgan fingerprint density at radius 3 is 2.38 bits per heavy atom. The van der Waals surface area contributed by atoms with Crippen molar-refractivity contribution in [2.45, 2.75) is 17.9 Å². The van der Waals surface area contributed by atoms with Crippen LogP contribution in [0, 0.1) is 0 Å². The summed E-state index contributed by atoms with van der Waals surface area (Å²) in [5.41, 5.74) is 0. The number of hydrogen-bond acceptors (Lipinski definition) is 2. The van der Waals surface area contributed by atoms with Gasteiger partial charge in [-0.15, -0.1) is 0 Å². The largest absolute Gasteiger partial charge is 0.390 e. The van der Waals surface area contributed by atoms with Gasteiger partial charge in [0.15, 0.2) is 0 Å². The summed E-state index contributed by atoms with van der Waals surface area (Å²) in [4.78, 5) is 0.113. The molecule has 0 fully saturated rings. The fourth-order valence-corrected chi connectivity index (χ4v) is 0.456. The molecule has 2 atom stereocenters. The smallest absolute Gasteiger partial charge is 0.0895 e. The molecule has 0 aliphatic heterocycles. The van der Waals surface area contributed by atoms with Crippen LogP contribution in [0.1, 0.15) is 6.92 Å². The molecule has 0 aromatic heterocycles. The zero-order valence-electron chi connectivity index (χ0n) is 5.10. The van der Waals surface area contributed by atoms with Crippen molar-refractivity contribution in [1.29, 1.82) is 0 Å². The summed E-state index contributed by atoms with van der Waals surface area (Å²) in [7, 11) is 1.57. The molecule has 2 unspecified atom stereocenters. The predicted molar refractivity (Wildman–Crippen MR) is 36.3 cm³/mol. The summed E-state index contributed by atoms with van der Waals surface area (Å²) < 4.78 is 4.68. The minimum Gasteiger partial charge on any atom is -0.390 e. The van der Waals surface area contributed by atoms with Crippen LogP contribution in [0.4, 0.5) is 0 Å². The van der Waals surface area contributed by atoms with Gasteiger partial charge < -0.3 is 9.84 Å². The second-order valence-electron chi connectivity index (χ2n) is 1.70. The van der Waals surface area contributed by atoms with Gasteiger partial charge in [-0.1, -0.05) is 22.9 Å². The van der Waals surface area contributed by atoms with Crippen molar-refractivity contribution in [2.24, 2.45) is 0 Å². The highest BCUT2D eigenvalue weighted by Gasteiger charge is 2.08. The first kappa shape index (κ1) is 8.40. The van der Waals surface area contributed by atoms with Crippen LogP contribution in [-0.4, -0.2) is 29.8 Å². The number of aliphatic hydroxyl groups is 1. The minimum atomic E-state index is -0.389. The van der Waals surface area contributed by atoms with Gasteiger partial charge in [-0.3, -0.25) is 0 Å². The topological polar surface area (TPSA) is 29.5 Å². The van der Waals surface area contributed by atoms with Crippen LogP contribution in [0.25, 0.3) is 0 Å². The van der Waals surface area contributed by atoms with Crippen molar-refractivity contribution >= 4 is 15.9 Å². The van der Waals surface area contributed by atoms with Gasteiger partial charge >= 0.3 is 0 Å². The summed E-state index contributed by atoms with van der Waals surface area (Å²) in [6, 6.07) is 0. The Kier molecular flexibility index (Phi) is 4.51. The number of rotatable bonds is 3. The van der Waals surface area contributed by atoms with Crippen molar-refractivity contribution in [2.75, 3.05) is 13.7 Å². The number of halogens is 1. The molecule has 0 saturated carbocycles. The summed E-state index contributed by atoms with van der Waals surface area (Å²) in [5.74, 6) is 0. The Balaban J connectivity index is 3.17. The van der Waals surface area contributed by atoms with Crippen LogP contribution < -0.4 is 0 Å². The van der Waals surface area contributed by atoms with Crippen LogP contribution in [0.15, 0.2) is 0 Å². The first-order chi connectivity index (χ1) is 3.68. The molecule has 0 bridgehead atoms. The number of ether oxygens (including phenoxy) is 1. The molecule has 0 aliphatic rings. The third kappa shape index (κ3) is 3.41. The van der Waals surface area contributed by atoms with Gasteiger partial charge in [-0.2, -0.15) is 0 Å². The normalized spacial score (nSPS) is 18.0. The molecule has 0 rings (SSSR count). The Bertz CT molecular complexity index is 56.4. The average Bonchev–Trinajstić information content (AvgIpc) is 1.67. The van der Waals surface area contributed by atoms with Crippen molar-refractivity contribution in [3.05, 3.63) is 0 Å². The third-order valence-corrected chi connectivity index (χ3v) is 1.48. The molecular formula is C5H11BrO2. The highest BCUT2D eigenvalue weighted by Crippen LogP contribution is 2.03. The van der Waals surface area contributed by atoms with Gasteiger partial charge in [-0.25, -0.2) is 0 Å². The lowest BCUT2D eigenvalue weighted by Crippen LogP contribution is -2.22. The lowest BCUT2D eigenvalue weighted by atomic mass is 10.3. The maximum Gasteiger partial charge on any atom is 0.0895 e. The summed E-state index contributed by atoms with van der Waals surface area (Å²) in [6.07, 6.45) is -0.389. The van der Waals surface area contributed by atoms with Crippen molar-refractivity contribution < 1.29 is 9.84 Å². The van der Waals surface area contributed by atoms with E-state index in [0.29, 0.717) is 6.61 Å². The molecule has 3 heteroatoms. The second kappa shape index (κ2) is 4.30. The van der Waals surface area contributed by atoms with E-state index in [4.69, 9.17) is 5.11 Å². The Labute approximate surface area is 58.0 Å². The highest BCUT2D eigenvalue weighted by atomic mass is 79.9. The molecule has 0 aliphatic carbocycles. The van der Waals surface area contributed by atoms with Gasteiger partial charge in [-0.05, 0) is 0 Å². The number of hydrogen-bond donors (Lipinski definition) is 1. The lowest BCUT2D eigenvalue weighted by Gasteiger charge is -2.10. The Morgan fingerprint density at radius 1 is 1.75 bits per heavy atom. The van der Waals surface area contributed by atoms with E-state index in [1.54, 1.807) is 7.11 Å². The van der Waals surface area contributed by atoms with E-state index in [1.165, 1.54) is 0 Å². The van der Waals surface area contributed by atoms with Crippen LogP contribution in [0.5, 0.6) is 0 Å². The van der Waals surface area contributed by atoms with E-state index in [1.807, 2.05) is 6.92 Å². The van der Waals surface area contributed by atoms with E-state index in [9.17, 15) is 0 Å². The summed E-state index contributed by atoms with van der Waals surface area (Å²) >= 11 is 3.21. The standard InChI is InChI=1S/C5H11BrO2/c1-4(6)5(7)3-8-2/h4-5,7H,3H2,1-2H3. The molecule has 0 heterocycles. The van der Waals surface area contributed by atoms with Crippen molar-refractivity contribution in [3.8, 4) is 0 Å². The molecule has 0 aromatic rings. The minimum absolute atomic E-state index is 0.113. The molecule has 0 spiro atoms. The Morgan fingerprint density at radius 2 is 2.25 bits per heavy atom. The van der Waals surface area contributed by atoms with Gasteiger partial charge in [0.25, 0.3) is 0 Å². The third-order valence-electron chi connectivity index (χ3n) is 0.868. The van der Waals surface area contributed by atoms with Gasteiger partial charge in [0.2, 0.25) is 0 Å². The molecule has 8 heavy (non-hydrogen) atoms. The van der Waals surface area contributed by atoms with E-state index >= 15 is 0 Å². The first-order valence-electron chi connectivity index (χ1n) is 2.49. The number of methoxy groups -OCH3 is 1. The SMILES string of the molecule is COCC(O)C(C)Br. The zero-order chi connectivity index (χ0) is 6.57. The molecular weight excluding hydrogens is 172 g/mol. The first-order valence-corrected chi connectivity index (χ1v) is 3.41. The molecule has 50 valence electrons. The van der Waals surface area contributed by atoms with Crippen LogP contribution >= 0.6 is 15.9 Å². The Hall–Kier alpha value is 0.400. The number of alkyl halides is 1. The second-order valence-corrected chi connectivity index (χ2v) is 3.14. The lowest BCUT2D eigenvalue weighted by molar-refractivity contribution is 0.0670. The van der Waals surface area contributed by atoms with Crippen molar-refractivity contribution in [3.63, 3.8) is 0 Å². The van der Waals surface area contributed by atoms with E-state index in [0.717, 1.165) is 0 Å². The van der Waals surface area contributed by atoms with Gasteiger partial charge in [0.05, 0.1) is 12.7 Å². The zero-order valence-corrected chi connectivity index (χ0v) is 6.68. The molecule has 0 amide bonds. The maximum atomic E-state index is 8.95. The summed E-state index contributed by atoms with van der Waals surface area (Å²) in [5, 5.41) is 8.95. The monoisotopic (exact) mass is 182 g/mol. The molecule has 1 N–H and O–H groups in total. The van der Waals surface area contributed by atoms with Crippen LogP contribution in [0.3, 0.4) is 0 Å². The maximum absolute atomic E-state index is 8.95. The summed E-state index contributed by atoms with van der Waals surface area (Å²) in [6.45, 7) is 2.27. The fourth-order valence-electron chi connectivity index (χ4n) is 0.303. The average molecular weight is 183 g/mol. The van der Waals surface area contributed by atoms with Crippen LogP contribution in [0.2, 0.25) is 0 Å². The predicted octanol–water partition coefficient (Wildman–Crippen LogP) is 0.777. The quantitative estimate of drug-likeness (QED) is 0.655. The highest BCUT2D eigenvalue weighted by molar-refractivity contribution is 9.09. The van der Waals surface area contributed by atoms with Gasteiger partial charge in [0, 0.05) is 11.9 Å². The van der Waals surface area contributed by atoms with E-state index in [2.05, 4.69) is 20.7 Å². The molecule has 0 radical (unpaired) electrons. The fraction of sp³-hybridized carbons (Fsp3) is 1.00. The van der Waals surface area contributed by atoms with Crippen molar-refractivity contribution in [1.82, 2.24) is 0 Å². The molecule has 2 nitrogen and oxygen atoms in total. The number of aliphatic hydroxyl groups excluding tert-OH is 1. The van der Waals surface area contributed by atoms with E-state index < -0.39 is 0 Å². The van der Waals surface area contributed by atoms with E-state index in [-0.39, 0.29) is 10.9 Å². The van der Waals surface area contributed by atoms with Gasteiger partial charge in [0.1, 0.15) is 0 Å². The molecule has 0 saturated heterocycles. The van der Waals surface area contributed by atoms with Crippen LogP contribution in [-0.2, 0) is 4.74 Å².